The van der Waals surface area contributed by atoms with E-state index in [1.54, 1.807) is 99.2 Å². The lowest BCUT2D eigenvalue weighted by molar-refractivity contribution is 0.103. The number of hydrogen-bond donors (Lipinski definition) is 1. The molecule has 6 rings (SSSR count). The smallest absolute Gasteiger partial charge is 0.537 e. The van der Waals surface area contributed by atoms with Crippen LogP contribution in [-0.4, -0.2) is 38.5 Å². The van der Waals surface area contributed by atoms with Crippen LogP contribution in [0.4, 0.5) is 0 Å². The number of rotatable bonds is 11. The van der Waals surface area contributed by atoms with Crippen molar-refractivity contribution in [2.45, 2.75) is 0 Å². The summed E-state index contributed by atoms with van der Waals surface area (Å²) >= 11 is 15.1. The molecule has 0 aliphatic carbocycles. The molecule has 0 unspecified atom stereocenters. The van der Waals surface area contributed by atoms with Gasteiger partial charge in [-0.25, -0.2) is 0 Å². The highest BCUT2D eigenvalue weighted by Gasteiger charge is 2.12. The maximum absolute atomic E-state index is 12.7. The predicted octanol–water partition coefficient (Wildman–Crippen LogP) is 11.5. The van der Waals surface area contributed by atoms with E-state index in [-0.39, 0.29) is 11.6 Å². The van der Waals surface area contributed by atoms with Gasteiger partial charge in [-0.3, -0.25) is 9.59 Å². The van der Waals surface area contributed by atoms with E-state index in [0.29, 0.717) is 44.8 Å². The normalized spacial score (nSPS) is 10.4. The van der Waals surface area contributed by atoms with Crippen LogP contribution in [0.1, 0.15) is 31.8 Å². The molecule has 6 nitrogen and oxygen atoms in total. The third-order valence-corrected chi connectivity index (χ3v) is 8.71. The van der Waals surface area contributed by atoms with Gasteiger partial charge in [0.25, 0.3) is 0 Å². The van der Waals surface area contributed by atoms with Crippen LogP contribution >= 0.6 is 39.1 Å². The summed E-state index contributed by atoms with van der Waals surface area (Å²) in [6.07, 6.45) is 6.67. The monoisotopic (exact) mass is 819 g/mol. The highest BCUT2D eigenvalue weighted by Crippen LogP contribution is 2.29. The molecule has 0 fully saturated rings. The van der Waals surface area contributed by atoms with E-state index in [0.717, 1.165) is 28.0 Å². The molecule has 271 valence electrons. The van der Waals surface area contributed by atoms with Gasteiger partial charge in [-0.05, 0) is 123 Å². The van der Waals surface area contributed by atoms with Gasteiger partial charge in [-0.15, -0.1) is 0 Å². The zero-order chi connectivity index (χ0) is 38.7. The van der Waals surface area contributed by atoms with Crippen LogP contribution in [0.25, 0.3) is 23.3 Å². The number of para-hydroxylation sites is 1. The van der Waals surface area contributed by atoms with Crippen LogP contribution in [-0.2, 0) is 0 Å². The molecule has 54 heavy (non-hydrogen) atoms. The van der Waals surface area contributed by atoms with Crippen LogP contribution in [0.3, 0.4) is 0 Å². The van der Waals surface area contributed by atoms with Crippen LogP contribution in [0.5, 0.6) is 17.2 Å². The van der Waals surface area contributed by atoms with Crippen molar-refractivity contribution in [2.24, 2.45) is 0 Å². The number of halogens is 3. The third kappa shape index (κ3) is 13.2. The Hall–Kier alpha value is -5.38. The van der Waals surface area contributed by atoms with E-state index < -0.39 is 0 Å². The van der Waals surface area contributed by atoms with Gasteiger partial charge in [-0.1, -0.05) is 108 Å². The maximum Gasteiger partial charge on any atom is 0.569 e. The second kappa shape index (κ2) is 22.0. The van der Waals surface area contributed by atoms with Crippen molar-refractivity contribution >= 4 is 70.5 Å². The topological polar surface area (TPSA) is 82.1 Å². The van der Waals surface area contributed by atoms with E-state index in [4.69, 9.17) is 37.7 Å². The molecule has 0 aromatic heterocycles. The summed E-state index contributed by atoms with van der Waals surface area (Å²) in [6, 6.07) is 44.3. The summed E-state index contributed by atoms with van der Waals surface area (Å²) in [5, 5.41) is 9.52. The minimum atomic E-state index is -0.0746. The first kappa shape index (κ1) is 41.4. The van der Waals surface area contributed by atoms with Crippen molar-refractivity contribution < 1.29 is 28.7 Å². The van der Waals surface area contributed by atoms with Gasteiger partial charge >= 0.3 is 7.69 Å². The lowest BCUT2D eigenvalue weighted by Crippen LogP contribution is -1.99. The quantitative estimate of drug-likeness (QED) is 0.0796. The van der Waals surface area contributed by atoms with Crippen molar-refractivity contribution in [3.05, 3.63) is 195 Å². The zero-order valence-electron chi connectivity index (χ0n) is 29.4. The number of hydrogen-bond acceptors (Lipinski definition) is 6. The number of ether oxygens (including phenoxy) is 2. The van der Waals surface area contributed by atoms with Crippen LogP contribution < -0.4 is 14.1 Å². The highest BCUT2D eigenvalue weighted by molar-refractivity contribution is 9.10. The summed E-state index contributed by atoms with van der Waals surface area (Å²) in [4.78, 5) is 24.8. The molecule has 0 atom stereocenters. The largest absolute Gasteiger partial charge is 0.569 e. The summed E-state index contributed by atoms with van der Waals surface area (Å²) in [7, 11) is 3.87. The third-order valence-electron chi connectivity index (χ3n) is 7.55. The molecule has 0 amide bonds. The minimum Gasteiger partial charge on any atom is -0.537 e. The van der Waals surface area contributed by atoms with Crippen LogP contribution in [0.2, 0.25) is 10.0 Å². The number of benzene rings is 6. The first-order chi connectivity index (χ1) is 26.2. The Bertz CT molecular complexity index is 2160. The van der Waals surface area contributed by atoms with Crippen LogP contribution in [0, 0.1) is 0 Å². The van der Waals surface area contributed by atoms with Crippen molar-refractivity contribution in [1.29, 1.82) is 0 Å². The van der Waals surface area contributed by atoms with Gasteiger partial charge in [0.1, 0.15) is 11.5 Å². The molecule has 0 aliphatic heterocycles. The standard InChI is InChI=1S/C22H17ClO2.C16H12BrClO2.C6H6BO2/c1-25-19-12-13-20(21(15-19)17-5-3-2-4-6-17)22(24)14-9-16-7-10-18(23)11-8-16;1-20-13-7-8-14(15(17)10-13)16(19)9-4-11-2-5-12(18)6-3-11;8-7-9-6-4-2-1-3-5-6/h2-15H,1H3;2-10H,1H3;1-5,8H/b14-9+;9-4+;. The number of carbonyl (C=O) groups excluding carboxylic acids is 2. The van der Waals surface area contributed by atoms with Crippen molar-refractivity contribution in [1.82, 2.24) is 0 Å². The predicted molar refractivity (Wildman–Crippen MR) is 224 cm³/mol. The number of carbonyl (C=O) groups is 2. The fraction of sp³-hybridized carbons (Fsp3) is 0.0455. The fourth-order valence-corrected chi connectivity index (χ4v) is 5.58. The summed E-state index contributed by atoms with van der Waals surface area (Å²) < 4.78 is 15.8. The average molecular weight is 821 g/mol. The Morgan fingerprint density at radius 3 is 1.54 bits per heavy atom. The maximum atomic E-state index is 12.7. The van der Waals surface area contributed by atoms with E-state index in [1.807, 2.05) is 78.9 Å². The summed E-state index contributed by atoms with van der Waals surface area (Å²) in [5.74, 6) is 1.93. The lowest BCUT2D eigenvalue weighted by Gasteiger charge is -2.10. The molecule has 0 bridgehead atoms. The van der Waals surface area contributed by atoms with Gasteiger partial charge in [0.2, 0.25) is 0 Å². The first-order valence-electron chi connectivity index (χ1n) is 16.4. The summed E-state index contributed by atoms with van der Waals surface area (Å²) in [5.41, 5.74) is 4.91. The molecule has 0 saturated carbocycles. The SMILES string of the molecule is COc1ccc(C(=O)/C=C/c2ccc(Cl)cc2)c(-c2ccccc2)c1.COc1ccc(C(=O)/C=C/c2ccc(Cl)cc2)c(Br)c1.O[B]Oc1ccccc1. The Morgan fingerprint density at radius 1 is 0.593 bits per heavy atom. The first-order valence-corrected chi connectivity index (χ1v) is 18.0. The molecule has 1 N–H and O–H groups in total. The fourth-order valence-electron chi connectivity index (χ4n) is 4.78. The summed E-state index contributed by atoms with van der Waals surface area (Å²) in [6.45, 7) is 0. The Morgan fingerprint density at radius 2 is 1.06 bits per heavy atom. The van der Waals surface area contributed by atoms with Crippen molar-refractivity contribution in [2.75, 3.05) is 14.2 Å². The van der Waals surface area contributed by atoms with Gasteiger partial charge < -0.3 is 19.2 Å². The molecule has 0 aliphatic rings. The Labute approximate surface area is 334 Å². The second-order valence-corrected chi connectivity index (χ2v) is 12.9. The minimum absolute atomic E-state index is 0.0588. The molecule has 6 aromatic carbocycles. The van der Waals surface area contributed by atoms with Gasteiger partial charge in [0, 0.05) is 25.6 Å². The van der Waals surface area contributed by atoms with Crippen molar-refractivity contribution in [3.8, 4) is 28.4 Å². The molecule has 10 heteroatoms. The molecular formula is C44H35BBrCl2O6. The molecule has 0 spiro atoms. The number of ketones is 2. The zero-order valence-corrected chi connectivity index (χ0v) is 32.5. The van der Waals surface area contributed by atoms with E-state index >= 15 is 0 Å². The van der Waals surface area contributed by atoms with Gasteiger partial charge in [0.05, 0.1) is 20.0 Å². The van der Waals surface area contributed by atoms with E-state index in [1.165, 1.54) is 6.08 Å². The molecule has 6 aromatic rings. The molecule has 0 saturated heterocycles. The van der Waals surface area contributed by atoms with Gasteiger partial charge in [0.15, 0.2) is 11.6 Å². The molecular weight excluding hydrogens is 786 g/mol. The van der Waals surface area contributed by atoms with Gasteiger partial charge in [-0.2, -0.15) is 0 Å². The lowest BCUT2D eigenvalue weighted by atomic mass is 9.96. The van der Waals surface area contributed by atoms with Crippen molar-refractivity contribution in [3.63, 3.8) is 0 Å². The molecule has 0 heterocycles. The highest BCUT2D eigenvalue weighted by atomic mass is 79.9. The second-order valence-electron chi connectivity index (χ2n) is 11.2. The number of methoxy groups -OCH3 is 2. The Kier molecular flexibility index (Phi) is 16.8. The number of allylic oxidation sites excluding steroid dienone is 2. The van der Waals surface area contributed by atoms with E-state index in [9.17, 15) is 9.59 Å². The average Bonchev–Trinajstić information content (AvgIpc) is 3.21. The molecule has 1 radical (unpaired) electrons. The van der Waals surface area contributed by atoms with Crippen LogP contribution in [0.15, 0.2) is 162 Å². The Balaban J connectivity index is 0.000000199. The van der Waals surface area contributed by atoms with E-state index in [2.05, 4.69) is 20.6 Å².